The van der Waals surface area contributed by atoms with Crippen LogP contribution in [0.2, 0.25) is 0 Å². The second-order valence-electron chi connectivity index (χ2n) is 5.08. The Hall–Kier alpha value is -0.990. The zero-order valence-electron chi connectivity index (χ0n) is 11.5. The van der Waals surface area contributed by atoms with E-state index in [9.17, 15) is 17.6 Å². The average Bonchev–Trinajstić information content (AvgIpc) is 2.39. The van der Waals surface area contributed by atoms with Gasteiger partial charge in [0.05, 0.1) is 16.3 Å². The van der Waals surface area contributed by atoms with E-state index >= 15 is 0 Å². The lowest BCUT2D eigenvalue weighted by Gasteiger charge is -2.33. The zero-order valence-corrected chi connectivity index (χ0v) is 13.9. The third kappa shape index (κ3) is 4.24. The Morgan fingerprint density at radius 3 is 2.86 bits per heavy atom. The number of rotatable bonds is 3. The number of likely N-dealkylation sites (tertiary alicyclic amines) is 1. The summed E-state index contributed by atoms with van der Waals surface area (Å²) in [5, 5.41) is 0. The van der Waals surface area contributed by atoms with Gasteiger partial charge in [-0.1, -0.05) is 6.07 Å². The van der Waals surface area contributed by atoms with Crippen LogP contribution in [-0.2, 0) is 10.0 Å². The van der Waals surface area contributed by atoms with Gasteiger partial charge in [-0.05, 0) is 40.9 Å². The summed E-state index contributed by atoms with van der Waals surface area (Å²) in [6.45, 7) is 0.818. The number of carbonyl (C=O) groups is 1. The highest BCUT2D eigenvalue weighted by molar-refractivity contribution is 9.10. The van der Waals surface area contributed by atoms with Gasteiger partial charge in [0, 0.05) is 19.1 Å². The van der Waals surface area contributed by atoms with Crippen LogP contribution >= 0.6 is 15.9 Å². The summed E-state index contributed by atoms with van der Waals surface area (Å²) in [6.07, 6.45) is 2.48. The summed E-state index contributed by atoms with van der Waals surface area (Å²) in [4.78, 5) is 14.0. The van der Waals surface area contributed by atoms with Crippen molar-refractivity contribution < 1.29 is 17.6 Å². The maximum absolute atomic E-state index is 13.5. The van der Waals surface area contributed by atoms with Gasteiger partial charge in [0.15, 0.2) is 0 Å². The number of amides is 1. The zero-order chi connectivity index (χ0) is 15.6. The van der Waals surface area contributed by atoms with Crippen LogP contribution in [0.5, 0.6) is 0 Å². The van der Waals surface area contributed by atoms with Crippen molar-refractivity contribution in [3.63, 3.8) is 0 Å². The topological polar surface area (TPSA) is 66.5 Å². The van der Waals surface area contributed by atoms with E-state index in [1.165, 1.54) is 12.1 Å². The summed E-state index contributed by atoms with van der Waals surface area (Å²) in [5.41, 5.74) is 0.245. The molecule has 1 saturated heterocycles. The van der Waals surface area contributed by atoms with E-state index in [0.717, 1.165) is 6.26 Å². The first-order valence-electron chi connectivity index (χ1n) is 6.48. The van der Waals surface area contributed by atoms with Crippen molar-refractivity contribution in [2.75, 3.05) is 19.3 Å². The summed E-state index contributed by atoms with van der Waals surface area (Å²) in [7, 11) is -3.31. The highest BCUT2D eigenvalue weighted by Crippen LogP contribution is 2.23. The minimum Gasteiger partial charge on any atom is -0.337 e. The van der Waals surface area contributed by atoms with Gasteiger partial charge in [-0.2, -0.15) is 0 Å². The molecule has 5 nitrogen and oxygen atoms in total. The highest BCUT2D eigenvalue weighted by Gasteiger charge is 2.27. The Bertz CT molecular complexity index is 651. The standard InChI is InChI=1S/C13H16BrFN2O3S/c1-21(19,20)16-9-4-3-7-17(8-9)13(18)10-5-2-6-11(15)12(10)14/h2,5-6,9,16H,3-4,7-8H2,1H3. The van der Waals surface area contributed by atoms with Gasteiger partial charge < -0.3 is 4.90 Å². The molecule has 0 aromatic heterocycles. The Kier molecular flexibility index (Phi) is 5.00. The minimum atomic E-state index is -3.31. The molecule has 1 unspecified atom stereocenters. The van der Waals surface area contributed by atoms with Crippen molar-refractivity contribution in [1.82, 2.24) is 9.62 Å². The van der Waals surface area contributed by atoms with Crippen LogP contribution in [0.25, 0.3) is 0 Å². The van der Waals surface area contributed by atoms with Crippen molar-refractivity contribution in [2.24, 2.45) is 0 Å². The first-order chi connectivity index (χ1) is 9.78. The van der Waals surface area contributed by atoms with Crippen molar-refractivity contribution in [2.45, 2.75) is 18.9 Å². The molecule has 1 fully saturated rings. The number of halogens is 2. The third-order valence-corrected chi connectivity index (χ3v) is 4.84. The van der Waals surface area contributed by atoms with E-state index in [0.29, 0.717) is 19.4 Å². The molecule has 1 aromatic rings. The van der Waals surface area contributed by atoms with Gasteiger partial charge in [0.25, 0.3) is 5.91 Å². The summed E-state index contributed by atoms with van der Waals surface area (Å²) < 4.78 is 38.7. The van der Waals surface area contributed by atoms with E-state index in [2.05, 4.69) is 20.7 Å². The van der Waals surface area contributed by atoms with Gasteiger partial charge in [-0.25, -0.2) is 17.5 Å². The summed E-state index contributed by atoms with van der Waals surface area (Å²) in [5.74, 6) is -0.801. The van der Waals surface area contributed by atoms with Crippen molar-refractivity contribution in [3.8, 4) is 0 Å². The Morgan fingerprint density at radius 2 is 2.19 bits per heavy atom. The number of sulfonamides is 1. The molecule has 2 rings (SSSR count). The Balaban J connectivity index is 2.14. The molecule has 21 heavy (non-hydrogen) atoms. The first-order valence-corrected chi connectivity index (χ1v) is 9.17. The smallest absolute Gasteiger partial charge is 0.255 e. The number of hydrogen-bond acceptors (Lipinski definition) is 3. The van der Waals surface area contributed by atoms with Gasteiger partial charge in [0.1, 0.15) is 5.82 Å². The Morgan fingerprint density at radius 1 is 1.48 bits per heavy atom. The fraction of sp³-hybridized carbons (Fsp3) is 0.462. The number of benzene rings is 1. The molecule has 1 aromatic carbocycles. The lowest BCUT2D eigenvalue weighted by molar-refractivity contribution is 0.0701. The minimum absolute atomic E-state index is 0.133. The quantitative estimate of drug-likeness (QED) is 0.870. The monoisotopic (exact) mass is 378 g/mol. The number of hydrogen-bond donors (Lipinski definition) is 1. The maximum Gasteiger partial charge on any atom is 0.255 e. The highest BCUT2D eigenvalue weighted by atomic mass is 79.9. The van der Waals surface area contributed by atoms with Crippen LogP contribution in [-0.4, -0.2) is 44.6 Å². The molecule has 0 saturated carbocycles. The second-order valence-corrected chi connectivity index (χ2v) is 7.65. The lowest BCUT2D eigenvalue weighted by Crippen LogP contribution is -2.49. The van der Waals surface area contributed by atoms with Gasteiger partial charge in [0.2, 0.25) is 10.0 Å². The number of carbonyl (C=O) groups excluding carboxylic acids is 1. The molecular weight excluding hydrogens is 363 g/mol. The number of nitrogens with one attached hydrogen (secondary N) is 1. The van der Waals surface area contributed by atoms with E-state index in [4.69, 9.17) is 0 Å². The molecule has 0 bridgehead atoms. The molecule has 0 spiro atoms. The molecule has 0 aliphatic carbocycles. The fourth-order valence-corrected chi connectivity index (χ4v) is 3.63. The van der Waals surface area contributed by atoms with E-state index in [1.807, 2.05) is 0 Å². The molecule has 0 radical (unpaired) electrons. The summed E-state index contributed by atoms with van der Waals surface area (Å²) >= 11 is 3.08. The Labute approximate surface area is 131 Å². The third-order valence-electron chi connectivity index (χ3n) is 3.27. The maximum atomic E-state index is 13.5. The number of nitrogens with zero attached hydrogens (tertiary/aromatic N) is 1. The van der Waals surface area contributed by atoms with Gasteiger partial charge >= 0.3 is 0 Å². The SMILES string of the molecule is CS(=O)(=O)NC1CCCN(C(=O)c2cccc(F)c2Br)C1. The lowest BCUT2D eigenvalue weighted by atomic mass is 10.1. The van der Waals surface area contributed by atoms with Gasteiger partial charge in [-0.15, -0.1) is 0 Å². The first kappa shape index (κ1) is 16.4. The normalized spacial score (nSPS) is 19.6. The predicted molar refractivity (Wildman–Crippen MR) is 81.0 cm³/mol. The van der Waals surface area contributed by atoms with Crippen molar-refractivity contribution in [3.05, 3.63) is 34.1 Å². The molecule has 1 N–H and O–H groups in total. The second kappa shape index (κ2) is 6.41. The van der Waals surface area contributed by atoms with Crippen LogP contribution in [0.1, 0.15) is 23.2 Å². The molecule has 1 amide bonds. The fourth-order valence-electron chi connectivity index (χ4n) is 2.40. The van der Waals surface area contributed by atoms with Crippen molar-refractivity contribution in [1.29, 1.82) is 0 Å². The molecular formula is C13H16BrFN2O3S. The van der Waals surface area contributed by atoms with Crippen LogP contribution in [0.3, 0.4) is 0 Å². The van der Waals surface area contributed by atoms with Crippen LogP contribution in [0, 0.1) is 5.82 Å². The molecule has 1 atom stereocenters. The number of piperidine rings is 1. The average molecular weight is 379 g/mol. The van der Waals surface area contributed by atoms with E-state index in [-0.39, 0.29) is 28.5 Å². The van der Waals surface area contributed by atoms with Crippen molar-refractivity contribution >= 4 is 31.9 Å². The van der Waals surface area contributed by atoms with E-state index < -0.39 is 15.8 Å². The largest absolute Gasteiger partial charge is 0.337 e. The molecule has 116 valence electrons. The molecule has 8 heteroatoms. The molecule has 1 heterocycles. The molecule has 1 aliphatic heterocycles. The van der Waals surface area contributed by atoms with Crippen LogP contribution in [0.4, 0.5) is 4.39 Å². The molecule has 1 aliphatic rings. The summed E-state index contributed by atoms with van der Waals surface area (Å²) in [6, 6.07) is 3.99. The van der Waals surface area contributed by atoms with E-state index in [1.54, 1.807) is 11.0 Å². The van der Waals surface area contributed by atoms with Crippen LogP contribution in [0.15, 0.2) is 22.7 Å². The van der Waals surface area contributed by atoms with Crippen LogP contribution < -0.4 is 4.72 Å². The predicted octanol–water partition coefficient (Wildman–Crippen LogP) is 1.74. The van der Waals surface area contributed by atoms with Gasteiger partial charge in [-0.3, -0.25) is 4.79 Å².